The number of fused-ring (bicyclic) bond motifs is 1. The zero-order valence-electron chi connectivity index (χ0n) is 14.3. The molecule has 4 aromatic rings. The zero-order chi connectivity index (χ0) is 17.8. The molecule has 132 valence electrons. The summed E-state index contributed by atoms with van der Waals surface area (Å²) in [6, 6.07) is 12.3. The fraction of sp³-hybridized carbons (Fsp3) is 0.200. The molecule has 0 aliphatic rings. The van der Waals surface area contributed by atoms with E-state index in [9.17, 15) is 0 Å². The van der Waals surface area contributed by atoms with Crippen molar-refractivity contribution in [2.45, 2.75) is 26.0 Å². The zero-order valence-corrected chi connectivity index (χ0v) is 15.8. The monoisotopic (exact) mass is 410 g/mol. The van der Waals surface area contributed by atoms with E-state index in [1.54, 1.807) is 0 Å². The van der Waals surface area contributed by atoms with Crippen LogP contribution in [0, 0.1) is 0 Å². The van der Waals surface area contributed by atoms with Crippen molar-refractivity contribution in [3.8, 4) is 5.75 Å². The minimum absolute atomic E-state index is 0.458. The van der Waals surface area contributed by atoms with Crippen LogP contribution in [0.5, 0.6) is 5.75 Å². The van der Waals surface area contributed by atoms with E-state index in [1.807, 2.05) is 59.8 Å². The number of pyridine rings is 1. The van der Waals surface area contributed by atoms with Crippen LogP contribution in [-0.2, 0) is 19.6 Å². The minimum Gasteiger partial charge on any atom is -0.487 e. The summed E-state index contributed by atoms with van der Waals surface area (Å²) in [5.41, 5.74) is 3.14. The molecule has 0 N–H and O–H groups in total. The summed E-state index contributed by atoms with van der Waals surface area (Å²) in [6.07, 6.45) is 11.8. The van der Waals surface area contributed by atoms with Gasteiger partial charge in [-0.05, 0) is 58.6 Å². The number of aryl methyl sites for hydroxylation is 2. The molecule has 0 radical (unpaired) electrons. The molecule has 3 aromatic heterocycles. The molecule has 0 saturated heterocycles. The van der Waals surface area contributed by atoms with E-state index in [0.29, 0.717) is 6.61 Å². The molecule has 26 heavy (non-hydrogen) atoms. The van der Waals surface area contributed by atoms with Gasteiger partial charge in [-0.1, -0.05) is 12.1 Å². The van der Waals surface area contributed by atoms with Gasteiger partial charge in [-0.3, -0.25) is 0 Å². The number of ether oxygens (including phenoxy) is 1. The molecule has 1 aromatic carbocycles. The first-order valence-electron chi connectivity index (χ1n) is 8.57. The standard InChI is InChI=1S/C20H19BrN4O/c21-17-5-8-20-23-18(13-25(20)12-17)14-26-19-6-3-16(4-7-19)2-1-10-24-11-9-22-15-24/h3-9,11-13,15H,1-2,10,14H2. The summed E-state index contributed by atoms with van der Waals surface area (Å²) in [5, 5.41) is 0. The molecule has 3 heterocycles. The van der Waals surface area contributed by atoms with Gasteiger partial charge in [0.2, 0.25) is 0 Å². The highest BCUT2D eigenvalue weighted by Crippen LogP contribution is 2.17. The van der Waals surface area contributed by atoms with Crippen LogP contribution in [0.4, 0.5) is 0 Å². The van der Waals surface area contributed by atoms with Crippen LogP contribution in [0.15, 0.2) is 72.0 Å². The van der Waals surface area contributed by atoms with Gasteiger partial charge in [0.15, 0.2) is 0 Å². The first kappa shape index (κ1) is 16.8. The number of rotatable bonds is 7. The van der Waals surface area contributed by atoms with Crippen LogP contribution in [0.25, 0.3) is 5.65 Å². The van der Waals surface area contributed by atoms with Gasteiger partial charge in [0.1, 0.15) is 18.0 Å². The van der Waals surface area contributed by atoms with Crippen LogP contribution in [-0.4, -0.2) is 18.9 Å². The van der Waals surface area contributed by atoms with Crippen molar-refractivity contribution < 1.29 is 4.74 Å². The Hall–Kier alpha value is -2.60. The molecule has 0 amide bonds. The second kappa shape index (κ2) is 7.74. The van der Waals surface area contributed by atoms with E-state index >= 15 is 0 Å². The summed E-state index contributed by atoms with van der Waals surface area (Å²) in [4.78, 5) is 8.62. The minimum atomic E-state index is 0.458. The molecular formula is C20H19BrN4O. The molecule has 0 bridgehead atoms. The quantitative estimate of drug-likeness (QED) is 0.450. The van der Waals surface area contributed by atoms with Gasteiger partial charge in [0.25, 0.3) is 0 Å². The topological polar surface area (TPSA) is 44.3 Å². The van der Waals surface area contributed by atoms with Crippen LogP contribution in [0.1, 0.15) is 17.7 Å². The first-order chi connectivity index (χ1) is 12.8. The van der Waals surface area contributed by atoms with Crippen molar-refractivity contribution >= 4 is 21.6 Å². The Balaban J connectivity index is 1.30. The summed E-state index contributed by atoms with van der Waals surface area (Å²) >= 11 is 3.47. The lowest BCUT2D eigenvalue weighted by molar-refractivity contribution is 0.302. The summed E-state index contributed by atoms with van der Waals surface area (Å²) < 4.78 is 11.0. The van der Waals surface area contributed by atoms with Gasteiger partial charge >= 0.3 is 0 Å². The Bertz CT molecular complexity index is 977. The van der Waals surface area contributed by atoms with Crippen molar-refractivity contribution in [3.63, 3.8) is 0 Å². The van der Waals surface area contributed by atoms with E-state index < -0.39 is 0 Å². The molecule has 0 aliphatic carbocycles. The Kier molecular flexibility index (Phi) is 5.02. The van der Waals surface area contributed by atoms with E-state index in [1.165, 1.54) is 5.56 Å². The fourth-order valence-corrected chi connectivity index (χ4v) is 3.23. The lowest BCUT2D eigenvalue weighted by Gasteiger charge is -2.06. The molecule has 0 saturated carbocycles. The highest BCUT2D eigenvalue weighted by molar-refractivity contribution is 9.10. The van der Waals surface area contributed by atoms with E-state index in [-0.39, 0.29) is 0 Å². The number of imidazole rings is 2. The van der Waals surface area contributed by atoms with E-state index in [4.69, 9.17) is 4.74 Å². The third kappa shape index (κ3) is 4.14. The van der Waals surface area contributed by atoms with Gasteiger partial charge in [-0.15, -0.1) is 0 Å². The second-order valence-corrected chi connectivity index (χ2v) is 7.10. The smallest absolute Gasteiger partial charge is 0.137 e. The van der Waals surface area contributed by atoms with E-state index in [0.717, 1.165) is 40.9 Å². The van der Waals surface area contributed by atoms with Gasteiger partial charge < -0.3 is 13.7 Å². The maximum atomic E-state index is 5.87. The number of hydrogen-bond acceptors (Lipinski definition) is 3. The number of hydrogen-bond donors (Lipinski definition) is 0. The Morgan fingerprint density at radius 2 is 1.92 bits per heavy atom. The van der Waals surface area contributed by atoms with Gasteiger partial charge in [-0.25, -0.2) is 9.97 Å². The molecule has 0 atom stereocenters. The van der Waals surface area contributed by atoms with Gasteiger partial charge in [0, 0.05) is 35.8 Å². The molecule has 0 fully saturated rings. The first-order valence-corrected chi connectivity index (χ1v) is 9.36. The lowest BCUT2D eigenvalue weighted by atomic mass is 10.1. The number of benzene rings is 1. The average molecular weight is 411 g/mol. The number of halogens is 1. The molecular weight excluding hydrogens is 392 g/mol. The maximum absolute atomic E-state index is 5.87. The third-order valence-electron chi connectivity index (χ3n) is 4.22. The van der Waals surface area contributed by atoms with Crippen LogP contribution >= 0.6 is 15.9 Å². The Labute approximate surface area is 160 Å². The normalized spacial score (nSPS) is 11.1. The van der Waals surface area contributed by atoms with Crippen LogP contribution < -0.4 is 4.74 Å². The number of nitrogens with zero attached hydrogens (tertiary/aromatic N) is 4. The van der Waals surface area contributed by atoms with Crippen molar-refractivity contribution in [1.82, 2.24) is 18.9 Å². The van der Waals surface area contributed by atoms with Crippen LogP contribution in [0.2, 0.25) is 0 Å². The molecule has 6 heteroatoms. The molecule has 0 aliphatic heterocycles. The maximum Gasteiger partial charge on any atom is 0.137 e. The average Bonchev–Trinajstić information content (AvgIpc) is 3.30. The SMILES string of the molecule is Brc1ccc2nc(COc3ccc(CCCn4ccnc4)cc3)cn2c1. The summed E-state index contributed by atoms with van der Waals surface area (Å²) in [7, 11) is 0. The largest absolute Gasteiger partial charge is 0.487 e. The van der Waals surface area contributed by atoms with Gasteiger partial charge in [0.05, 0.1) is 12.0 Å². The Morgan fingerprint density at radius 3 is 2.73 bits per heavy atom. The number of aromatic nitrogens is 4. The summed E-state index contributed by atoms with van der Waals surface area (Å²) in [5.74, 6) is 0.863. The Morgan fingerprint density at radius 1 is 1.04 bits per heavy atom. The van der Waals surface area contributed by atoms with Crippen molar-refractivity contribution in [2.75, 3.05) is 0 Å². The highest BCUT2D eigenvalue weighted by atomic mass is 79.9. The molecule has 4 rings (SSSR count). The molecule has 0 unspecified atom stereocenters. The van der Waals surface area contributed by atoms with Crippen LogP contribution in [0.3, 0.4) is 0 Å². The predicted molar refractivity (Wildman–Crippen MR) is 104 cm³/mol. The van der Waals surface area contributed by atoms with Gasteiger partial charge in [-0.2, -0.15) is 0 Å². The van der Waals surface area contributed by atoms with Crippen molar-refractivity contribution in [3.05, 3.63) is 83.2 Å². The summed E-state index contributed by atoms with van der Waals surface area (Å²) in [6.45, 7) is 1.45. The predicted octanol–water partition coefficient (Wildman–Crippen LogP) is 4.51. The second-order valence-electron chi connectivity index (χ2n) is 6.18. The van der Waals surface area contributed by atoms with Crippen molar-refractivity contribution in [1.29, 1.82) is 0 Å². The molecule has 5 nitrogen and oxygen atoms in total. The third-order valence-corrected chi connectivity index (χ3v) is 4.68. The lowest BCUT2D eigenvalue weighted by Crippen LogP contribution is -1.97. The van der Waals surface area contributed by atoms with E-state index in [2.05, 4.69) is 42.6 Å². The molecule has 0 spiro atoms. The highest BCUT2D eigenvalue weighted by Gasteiger charge is 2.03. The fourth-order valence-electron chi connectivity index (χ4n) is 2.88. The van der Waals surface area contributed by atoms with Crippen molar-refractivity contribution in [2.24, 2.45) is 0 Å².